The lowest BCUT2D eigenvalue weighted by Crippen LogP contribution is -2.31. The summed E-state index contributed by atoms with van der Waals surface area (Å²) in [6.07, 6.45) is 4.27. The van der Waals surface area contributed by atoms with E-state index in [0.29, 0.717) is 6.42 Å². The summed E-state index contributed by atoms with van der Waals surface area (Å²) in [5.74, 6) is 6.06. The SMILES string of the molecule is NNC1=NC=Cc2c(Cl)cccc2C1. The fraction of sp³-hybridized carbons (Fsp3) is 0.100. The predicted octanol–water partition coefficient (Wildman–Crippen LogP) is 1.73. The number of aliphatic imine (C=N–C) groups is 1. The van der Waals surface area contributed by atoms with Gasteiger partial charge in [-0.05, 0) is 23.3 Å². The molecule has 0 bridgehead atoms. The van der Waals surface area contributed by atoms with Gasteiger partial charge in [-0.15, -0.1) is 0 Å². The summed E-state index contributed by atoms with van der Waals surface area (Å²) < 4.78 is 0. The Balaban J connectivity index is 2.47. The van der Waals surface area contributed by atoms with Crippen molar-refractivity contribution in [2.75, 3.05) is 0 Å². The third kappa shape index (κ3) is 1.64. The molecule has 0 spiro atoms. The number of benzene rings is 1. The number of rotatable bonds is 0. The highest BCUT2D eigenvalue weighted by Gasteiger charge is 2.08. The molecule has 2 rings (SSSR count). The van der Waals surface area contributed by atoms with Crippen molar-refractivity contribution < 1.29 is 0 Å². The van der Waals surface area contributed by atoms with Crippen molar-refractivity contribution in [3.05, 3.63) is 40.5 Å². The molecule has 14 heavy (non-hydrogen) atoms. The second-order valence-electron chi connectivity index (χ2n) is 3.03. The van der Waals surface area contributed by atoms with E-state index in [4.69, 9.17) is 17.4 Å². The first-order valence-corrected chi connectivity index (χ1v) is 4.66. The van der Waals surface area contributed by atoms with E-state index in [1.165, 1.54) is 0 Å². The van der Waals surface area contributed by atoms with Gasteiger partial charge in [0.05, 0.1) is 0 Å². The van der Waals surface area contributed by atoms with Crippen LogP contribution in [0.5, 0.6) is 0 Å². The molecule has 1 aliphatic heterocycles. The van der Waals surface area contributed by atoms with Crippen molar-refractivity contribution in [1.82, 2.24) is 5.43 Å². The van der Waals surface area contributed by atoms with Gasteiger partial charge in [-0.2, -0.15) is 0 Å². The number of hydrogen-bond donors (Lipinski definition) is 2. The van der Waals surface area contributed by atoms with Gasteiger partial charge in [0, 0.05) is 17.6 Å². The summed E-state index contributed by atoms with van der Waals surface area (Å²) in [6, 6.07) is 5.81. The van der Waals surface area contributed by atoms with E-state index < -0.39 is 0 Å². The van der Waals surface area contributed by atoms with Gasteiger partial charge >= 0.3 is 0 Å². The standard InChI is InChI=1S/C10H10ClN3/c11-9-3-1-2-7-6-10(14-12)13-5-4-8(7)9/h1-5H,6,12H2,(H,13,14). The Labute approximate surface area is 87.3 Å². The van der Waals surface area contributed by atoms with E-state index in [9.17, 15) is 0 Å². The molecule has 0 saturated heterocycles. The van der Waals surface area contributed by atoms with E-state index in [-0.39, 0.29) is 0 Å². The van der Waals surface area contributed by atoms with Crippen LogP contribution in [0.25, 0.3) is 6.08 Å². The first-order chi connectivity index (χ1) is 6.81. The van der Waals surface area contributed by atoms with Crippen LogP contribution in [0.1, 0.15) is 11.1 Å². The number of hydrogen-bond acceptors (Lipinski definition) is 3. The Morgan fingerprint density at radius 1 is 1.43 bits per heavy atom. The van der Waals surface area contributed by atoms with Crippen LogP contribution < -0.4 is 11.3 Å². The number of nitrogens with two attached hydrogens (primary N) is 1. The zero-order valence-electron chi connectivity index (χ0n) is 7.50. The molecule has 3 N–H and O–H groups in total. The molecule has 0 saturated carbocycles. The third-order valence-corrected chi connectivity index (χ3v) is 2.47. The van der Waals surface area contributed by atoms with Crippen LogP contribution in [0.3, 0.4) is 0 Å². The summed E-state index contributed by atoms with van der Waals surface area (Å²) in [4.78, 5) is 4.14. The molecular weight excluding hydrogens is 198 g/mol. The molecule has 0 atom stereocenters. The smallest absolute Gasteiger partial charge is 0.120 e. The molecule has 0 aliphatic carbocycles. The van der Waals surface area contributed by atoms with Crippen LogP contribution >= 0.6 is 11.6 Å². The van der Waals surface area contributed by atoms with Crippen LogP contribution in [0.15, 0.2) is 29.4 Å². The molecule has 1 heterocycles. The largest absolute Gasteiger partial charge is 0.312 e. The zero-order chi connectivity index (χ0) is 9.97. The molecule has 0 radical (unpaired) electrons. The molecule has 4 heteroatoms. The first-order valence-electron chi connectivity index (χ1n) is 4.28. The lowest BCUT2D eigenvalue weighted by Gasteiger charge is -2.06. The normalized spacial score (nSPS) is 14.3. The average Bonchev–Trinajstić information content (AvgIpc) is 2.40. The Morgan fingerprint density at radius 3 is 3.07 bits per heavy atom. The van der Waals surface area contributed by atoms with Crippen molar-refractivity contribution in [3.63, 3.8) is 0 Å². The molecular formula is C10H10ClN3. The molecule has 0 amide bonds. The highest BCUT2D eigenvalue weighted by atomic mass is 35.5. The number of nitrogens with one attached hydrogen (secondary N) is 1. The minimum absolute atomic E-state index is 0.680. The molecule has 1 aromatic rings. The van der Waals surface area contributed by atoms with Gasteiger partial charge in [0.15, 0.2) is 0 Å². The van der Waals surface area contributed by atoms with Crippen molar-refractivity contribution in [2.45, 2.75) is 6.42 Å². The molecule has 0 unspecified atom stereocenters. The average molecular weight is 208 g/mol. The number of amidine groups is 1. The third-order valence-electron chi connectivity index (χ3n) is 2.14. The molecule has 0 fully saturated rings. The minimum Gasteiger partial charge on any atom is -0.312 e. The van der Waals surface area contributed by atoms with Gasteiger partial charge in [0.1, 0.15) is 5.84 Å². The van der Waals surface area contributed by atoms with Gasteiger partial charge < -0.3 is 5.43 Å². The van der Waals surface area contributed by atoms with Crippen LogP contribution in [-0.2, 0) is 6.42 Å². The Hall–Kier alpha value is -1.32. The number of fused-ring (bicyclic) bond motifs is 1. The summed E-state index contributed by atoms with van der Waals surface area (Å²) in [7, 11) is 0. The van der Waals surface area contributed by atoms with Gasteiger partial charge in [0.2, 0.25) is 0 Å². The van der Waals surface area contributed by atoms with E-state index in [0.717, 1.165) is 22.0 Å². The summed E-state index contributed by atoms with van der Waals surface area (Å²) in [5, 5.41) is 0.743. The Morgan fingerprint density at radius 2 is 2.29 bits per heavy atom. The van der Waals surface area contributed by atoms with E-state index in [1.54, 1.807) is 6.20 Å². The van der Waals surface area contributed by atoms with Crippen molar-refractivity contribution in [2.24, 2.45) is 10.8 Å². The highest BCUT2D eigenvalue weighted by molar-refractivity contribution is 6.32. The number of halogens is 1. The van der Waals surface area contributed by atoms with E-state index in [2.05, 4.69) is 10.4 Å². The maximum atomic E-state index is 6.05. The summed E-state index contributed by atoms with van der Waals surface area (Å²) in [6.45, 7) is 0. The van der Waals surface area contributed by atoms with Crippen LogP contribution in [-0.4, -0.2) is 5.84 Å². The van der Waals surface area contributed by atoms with E-state index >= 15 is 0 Å². The second-order valence-corrected chi connectivity index (χ2v) is 3.43. The maximum absolute atomic E-state index is 6.05. The molecule has 1 aliphatic rings. The van der Waals surface area contributed by atoms with Crippen LogP contribution in [0.2, 0.25) is 5.02 Å². The minimum atomic E-state index is 0.680. The predicted molar refractivity (Wildman–Crippen MR) is 58.9 cm³/mol. The molecule has 1 aromatic carbocycles. The Bertz CT molecular complexity index is 410. The number of nitrogens with zero attached hydrogens (tertiary/aromatic N) is 1. The molecule has 3 nitrogen and oxygen atoms in total. The van der Waals surface area contributed by atoms with Crippen molar-refractivity contribution >= 4 is 23.5 Å². The maximum Gasteiger partial charge on any atom is 0.120 e. The lowest BCUT2D eigenvalue weighted by molar-refractivity contribution is 0.989. The van der Waals surface area contributed by atoms with Crippen molar-refractivity contribution in [1.29, 1.82) is 0 Å². The zero-order valence-corrected chi connectivity index (χ0v) is 8.25. The fourth-order valence-corrected chi connectivity index (χ4v) is 1.70. The first kappa shape index (κ1) is 9.24. The van der Waals surface area contributed by atoms with E-state index in [1.807, 2.05) is 24.3 Å². The topological polar surface area (TPSA) is 50.4 Å². The van der Waals surface area contributed by atoms with Crippen molar-refractivity contribution in [3.8, 4) is 0 Å². The molecule has 0 aromatic heterocycles. The fourth-order valence-electron chi connectivity index (χ4n) is 1.44. The number of hydrazine groups is 1. The van der Waals surface area contributed by atoms with Gasteiger partial charge in [0.25, 0.3) is 0 Å². The monoisotopic (exact) mass is 207 g/mol. The Kier molecular flexibility index (Phi) is 2.52. The highest BCUT2D eigenvalue weighted by Crippen LogP contribution is 2.23. The lowest BCUT2D eigenvalue weighted by atomic mass is 10.0. The molecule has 72 valence electrons. The van der Waals surface area contributed by atoms with Gasteiger partial charge in [-0.3, -0.25) is 0 Å². The van der Waals surface area contributed by atoms with Crippen LogP contribution in [0.4, 0.5) is 0 Å². The van der Waals surface area contributed by atoms with Crippen LogP contribution in [0, 0.1) is 0 Å². The summed E-state index contributed by atoms with van der Waals surface area (Å²) >= 11 is 6.05. The quantitative estimate of drug-likeness (QED) is 0.503. The summed E-state index contributed by atoms with van der Waals surface area (Å²) in [5.41, 5.74) is 4.70. The van der Waals surface area contributed by atoms with Gasteiger partial charge in [-0.25, -0.2) is 10.8 Å². The van der Waals surface area contributed by atoms with Gasteiger partial charge in [-0.1, -0.05) is 23.7 Å². The second kappa shape index (κ2) is 3.82.